The molecule has 3 N–H and O–H groups in total. The maximum Gasteiger partial charge on any atom is 0.275 e. The highest BCUT2D eigenvalue weighted by atomic mass is 32.1. The Labute approximate surface area is 134 Å². The van der Waals surface area contributed by atoms with Gasteiger partial charge in [-0.15, -0.1) is 11.3 Å². The summed E-state index contributed by atoms with van der Waals surface area (Å²) in [4.78, 5) is 20.2. The van der Waals surface area contributed by atoms with E-state index in [1.807, 2.05) is 35.8 Å². The molecule has 6 heteroatoms. The largest absolute Gasteiger partial charge is 0.346 e. The van der Waals surface area contributed by atoms with Crippen molar-refractivity contribution in [2.75, 3.05) is 37.6 Å². The van der Waals surface area contributed by atoms with Crippen LogP contribution in [0.4, 0.5) is 5.82 Å². The SMILES string of the molecule is O=C(C[NH+]1CCN(c2cccc[nH+]2)CC1)NCc1cccs1. The molecule has 1 saturated heterocycles. The summed E-state index contributed by atoms with van der Waals surface area (Å²) in [5, 5.41) is 5.04. The second-order valence-electron chi connectivity index (χ2n) is 5.52. The first-order valence-corrected chi connectivity index (χ1v) is 8.53. The van der Waals surface area contributed by atoms with Gasteiger partial charge in [0, 0.05) is 10.9 Å². The quantitative estimate of drug-likeness (QED) is 0.787. The highest BCUT2D eigenvalue weighted by Crippen LogP contribution is 2.07. The molecule has 1 aliphatic heterocycles. The van der Waals surface area contributed by atoms with E-state index in [2.05, 4.69) is 21.3 Å². The molecule has 0 aliphatic carbocycles. The molecule has 0 unspecified atom stereocenters. The maximum absolute atomic E-state index is 12.0. The molecule has 3 rings (SSSR count). The first-order chi connectivity index (χ1) is 10.8. The normalized spacial score (nSPS) is 15.7. The van der Waals surface area contributed by atoms with Crippen LogP contribution in [-0.2, 0) is 11.3 Å². The predicted octanol–water partition coefficient (Wildman–Crippen LogP) is -0.416. The molecule has 2 aromatic heterocycles. The van der Waals surface area contributed by atoms with E-state index in [0.717, 1.165) is 32.0 Å². The third-order valence-electron chi connectivity index (χ3n) is 3.95. The summed E-state index contributed by atoms with van der Waals surface area (Å²) in [5.41, 5.74) is 0. The summed E-state index contributed by atoms with van der Waals surface area (Å²) < 4.78 is 0. The van der Waals surface area contributed by atoms with Gasteiger partial charge in [-0.05, 0) is 17.5 Å². The van der Waals surface area contributed by atoms with E-state index in [1.165, 1.54) is 9.78 Å². The van der Waals surface area contributed by atoms with Gasteiger partial charge < -0.3 is 10.2 Å². The Kier molecular flexibility index (Phi) is 5.03. The van der Waals surface area contributed by atoms with E-state index >= 15 is 0 Å². The van der Waals surface area contributed by atoms with Crippen LogP contribution >= 0.6 is 11.3 Å². The molecule has 0 spiro atoms. The number of H-pyrrole nitrogens is 1. The topological polar surface area (TPSA) is 50.9 Å². The van der Waals surface area contributed by atoms with E-state index in [0.29, 0.717) is 13.1 Å². The molecule has 116 valence electrons. The standard InChI is InChI=1S/C16H20N4OS/c21-16(18-12-14-4-3-11-22-14)13-19-7-9-20(10-8-19)15-5-1-2-6-17-15/h1-6,11H,7-10,12-13H2,(H,18,21)/p+2. The number of amides is 1. The fourth-order valence-electron chi connectivity index (χ4n) is 2.71. The number of hydrogen-bond acceptors (Lipinski definition) is 3. The summed E-state index contributed by atoms with van der Waals surface area (Å²) >= 11 is 1.68. The smallest absolute Gasteiger partial charge is 0.275 e. The monoisotopic (exact) mass is 318 g/mol. The summed E-state index contributed by atoms with van der Waals surface area (Å²) in [6, 6.07) is 10.2. The lowest BCUT2D eigenvalue weighted by Crippen LogP contribution is -3.16. The molecule has 22 heavy (non-hydrogen) atoms. The molecule has 1 aliphatic rings. The van der Waals surface area contributed by atoms with Gasteiger partial charge in [0.15, 0.2) is 6.54 Å². The zero-order valence-electron chi connectivity index (χ0n) is 12.5. The zero-order chi connectivity index (χ0) is 15.2. The van der Waals surface area contributed by atoms with Crippen molar-refractivity contribution in [1.82, 2.24) is 5.32 Å². The highest BCUT2D eigenvalue weighted by Gasteiger charge is 2.26. The zero-order valence-corrected chi connectivity index (χ0v) is 13.4. The van der Waals surface area contributed by atoms with Gasteiger partial charge in [-0.1, -0.05) is 12.1 Å². The number of nitrogens with one attached hydrogen (secondary N) is 3. The molecule has 0 bridgehead atoms. The lowest BCUT2D eigenvalue weighted by Gasteiger charge is -2.27. The van der Waals surface area contributed by atoms with Gasteiger partial charge in [0.25, 0.3) is 11.7 Å². The molecule has 0 aromatic carbocycles. The Bertz CT molecular complexity index is 579. The number of aromatic amines is 1. The van der Waals surface area contributed by atoms with Crippen LogP contribution in [0.2, 0.25) is 0 Å². The van der Waals surface area contributed by atoms with Crippen molar-refractivity contribution in [1.29, 1.82) is 0 Å². The van der Waals surface area contributed by atoms with Crippen LogP contribution in [0, 0.1) is 0 Å². The van der Waals surface area contributed by atoms with Crippen LogP contribution in [0.3, 0.4) is 0 Å². The Morgan fingerprint density at radius 3 is 2.82 bits per heavy atom. The summed E-state index contributed by atoms with van der Waals surface area (Å²) in [6.07, 6.45) is 1.95. The summed E-state index contributed by atoms with van der Waals surface area (Å²) in [5.74, 6) is 1.30. The highest BCUT2D eigenvalue weighted by molar-refractivity contribution is 7.09. The van der Waals surface area contributed by atoms with Crippen molar-refractivity contribution in [3.8, 4) is 0 Å². The van der Waals surface area contributed by atoms with Gasteiger partial charge in [-0.25, -0.2) is 4.98 Å². The second kappa shape index (κ2) is 7.38. The van der Waals surface area contributed by atoms with Gasteiger partial charge in [-0.2, -0.15) is 0 Å². The average Bonchev–Trinajstić information content (AvgIpc) is 3.08. The molecule has 0 radical (unpaired) electrons. The number of hydrogen-bond donors (Lipinski definition) is 2. The minimum atomic E-state index is 0.142. The molecule has 0 saturated carbocycles. The number of quaternary nitrogens is 1. The number of anilines is 1. The summed E-state index contributed by atoms with van der Waals surface area (Å²) in [6.45, 7) is 5.17. The minimum Gasteiger partial charge on any atom is -0.346 e. The Morgan fingerprint density at radius 2 is 2.14 bits per heavy atom. The van der Waals surface area contributed by atoms with E-state index < -0.39 is 0 Å². The van der Waals surface area contributed by atoms with Crippen LogP contribution in [0.1, 0.15) is 4.88 Å². The number of piperazine rings is 1. The molecule has 1 amide bonds. The van der Waals surface area contributed by atoms with Crippen LogP contribution < -0.4 is 20.1 Å². The average molecular weight is 318 g/mol. The third-order valence-corrected chi connectivity index (χ3v) is 4.83. The molecular formula is C16H22N4OS+2. The summed E-state index contributed by atoms with van der Waals surface area (Å²) in [7, 11) is 0. The maximum atomic E-state index is 12.0. The number of nitrogens with zero attached hydrogens (tertiary/aromatic N) is 1. The Balaban J connectivity index is 1.41. The molecule has 0 atom stereocenters. The lowest BCUT2D eigenvalue weighted by atomic mass is 10.3. The number of carbonyl (C=O) groups excluding carboxylic acids is 1. The predicted molar refractivity (Wildman–Crippen MR) is 86.9 cm³/mol. The third kappa shape index (κ3) is 4.05. The first-order valence-electron chi connectivity index (χ1n) is 7.65. The Morgan fingerprint density at radius 1 is 1.27 bits per heavy atom. The van der Waals surface area contributed by atoms with Gasteiger partial charge in [-0.3, -0.25) is 9.69 Å². The Hall–Kier alpha value is -1.92. The number of carbonyl (C=O) groups is 1. The van der Waals surface area contributed by atoms with Gasteiger partial charge in [0.2, 0.25) is 0 Å². The van der Waals surface area contributed by atoms with E-state index in [4.69, 9.17) is 0 Å². The fraction of sp³-hybridized carbons (Fsp3) is 0.375. The van der Waals surface area contributed by atoms with E-state index in [1.54, 1.807) is 11.3 Å². The minimum absolute atomic E-state index is 0.142. The van der Waals surface area contributed by atoms with Crippen molar-refractivity contribution in [3.05, 3.63) is 46.8 Å². The van der Waals surface area contributed by atoms with Crippen LogP contribution in [0.5, 0.6) is 0 Å². The van der Waals surface area contributed by atoms with Crippen LogP contribution in [0.15, 0.2) is 41.9 Å². The van der Waals surface area contributed by atoms with Crippen molar-refractivity contribution >= 4 is 23.1 Å². The van der Waals surface area contributed by atoms with Crippen molar-refractivity contribution in [2.24, 2.45) is 0 Å². The molecule has 2 aromatic rings. The molecule has 1 fully saturated rings. The van der Waals surface area contributed by atoms with Crippen LogP contribution in [0.25, 0.3) is 0 Å². The number of rotatable bonds is 5. The first kappa shape index (κ1) is 15.0. The molecule has 5 nitrogen and oxygen atoms in total. The van der Waals surface area contributed by atoms with Gasteiger partial charge in [0.1, 0.15) is 26.2 Å². The lowest BCUT2D eigenvalue weighted by molar-refractivity contribution is -0.892. The number of thiophene rings is 1. The molecular weight excluding hydrogens is 296 g/mol. The van der Waals surface area contributed by atoms with Crippen molar-refractivity contribution < 1.29 is 14.7 Å². The molecule has 3 heterocycles. The van der Waals surface area contributed by atoms with Gasteiger partial charge >= 0.3 is 0 Å². The second-order valence-corrected chi connectivity index (χ2v) is 6.55. The van der Waals surface area contributed by atoms with Crippen molar-refractivity contribution in [3.63, 3.8) is 0 Å². The van der Waals surface area contributed by atoms with Crippen LogP contribution in [-0.4, -0.2) is 38.6 Å². The van der Waals surface area contributed by atoms with E-state index in [9.17, 15) is 4.79 Å². The fourth-order valence-corrected chi connectivity index (χ4v) is 3.35. The van der Waals surface area contributed by atoms with Crippen molar-refractivity contribution in [2.45, 2.75) is 6.54 Å². The van der Waals surface area contributed by atoms with Gasteiger partial charge in [0.05, 0.1) is 12.7 Å². The van der Waals surface area contributed by atoms with E-state index in [-0.39, 0.29) is 5.91 Å². The number of aromatic nitrogens is 1. The number of pyridine rings is 1.